The lowest BCUT2D eigenvalue weighted by Gasteiger charge is -2.23. The van der Waals surface area contributed by atoms with Crippen molar-refractivity contribution in [1.82, 2.24) is 10.2 Å². The summed E-state index contributed by atoms with van der Waals surface area (Å²) in [4.78, 5) is 14.2. The van der Waals surface area contributed by atoms with Crippen LogP contribution >= 0.6 is 0 Å². The predicted octanol–water partition coefficient (Wildman–Crippen LogP) is 2.63. The van der Waals surface area contributed by atoms with E-state index in [1.54, 1.807) is 18.2 Å². The molecule has 2 rings (SSSR count). The Morgan fingerprint density at radius 2 is 1.91 bits per heavy atom. The first-order valence-corrected chi connectivity index (χ1v) is 8.51. The van der Waals surface area contributed by atoms with Gasteiger partial charge in [-0.05, 0) is 25.8 Å². The van der Waals surface area contributed by atoms with Gasteiger partial charge in [-0.15, -0.1) is 0 Å². The van der Waals surface area contributed by atoms with Crippen LogP contribution in [0.1, 0.15) is 50.7 Å². The fourth-order valence-corrected chi connectivity index (χ4v) is 2.95. The largest absolute Gasteiger partial charge is 0.387 e. The molecule has 0 aromatic heterocycles. The first kappa shape index (κ1) is 17.9. The molecule has 1 amide bonds. The SMILES string of the molecule is CC(CC(=O)N1CCCCCC1)NCC(O)c1ccccc1F. The minimum atomic E-state index is -0.910. The maximum atomic E-state index is 13.6. The van der Waals surface area contributed by atoms with Crippen molar-refractivity contribution < 1.29 is 14.3 Å². The number of nitrogens with one attached hydrogen (secondary N) is 1. The third kappa shape index (κ3) is 5.59. The summed E-state index contributed by atoms with van der Waals surface area (Å²) in [5, 5.41) is 13.2. The molecule has 23 heavy (non-hydrogen) atoms. The highest BCUT2D eigenvalue weighted by Gasteiger charge is 2.19. The van der Waals surface area contributed by atoms with E-state index in [1.807, 2.05) is 11.8 Å². The van der Waals surface area contributed by atoms with Crippen molar-refractivity contribution >= 4 is 5.91 Å². The predicted molar refractivity (Wildman–Crippen MR) is 88.5 cm³/mol. The van der Waals surface area contributed by atoms with Gasteiger partial charge in [-0.3, -0.25) is 4.79 Å². The molecule has 2 N–H and O–H groups in total. The quantitative estimate of drug-likeness (QED) is 0.846. The normalized spacial score (nSPS) is 18.3. The Morgan fingerprint density at radius 3 is 2.57 bits per heavy atom. The molecule has 2 atom stereocenters. The molecule has 0 bridgehead atoms. The fraction of sp³-hybridized carbons (Fsp3) is 0.611. The number of amides is 1. The van der Waals surface area contributed by atoms with Crippen molar-refractivity contribution in [2.24, 2.45) is 0 Å². The van der Waals surface area contributed by atoms with Gasteiger partial charge in [-0.1, -0.05) is 31.0 Å². The molecule has 1 aliphatic rings. The Kier molecular flexibility index (Phi) is 6.99. The van der Waals surface area contributed by atoms with Crippen LogP contribution in [0.25, 0.3) is 0 Å². The minimum Gasteiger partial charge on any atom is -0.387 e. The van der Waals surface area contributed by atoms with Crippen molar-refractivity contribution in [3.05, 3.63) is 35.6 Å². The molecule has 1 aliphatic heterocycles. The summed E-state index contributed by atoms with van der Waals surface area (Å²) in [5.74, 6) is -0.248. The molecular weight excluding hydrogens is 295 g/mol. The van der Waals surface area contributed by atoms with Crippen molar-refractivity contribution in [3.8, 4) is 0 Å². The zero-order chi connectivity index (χ0) is 16.7. The molecule has 1 heterocycles. The van der Waals surface area contributed by atoms with Crippen LogP contribution < -0.4 is 5.32 Å². The summed E-state index contributed by atoms with van der Waals surface area (Å²) in [6, 6.07) is 6.17. The number of aliphatic hydroxyl groups is 1. The van der Waals surface area contributed by atoms with E-state index in [0.29, 0.717) is 6.42 Å². The second kappa shape index (κ2) is 8.99. The number of hydrogen-bond acceptors (Lipinski definition) is 3. The Hall–Kier alpha value is -1.46. The second-order valence-corrected chi connectivity index (χ2v) is 6.35. The first-order chi connectivity index (χ1) is 11.1. The minimum absolute atomic E-state index is 0.0489. The Morgan fingerprint density at radius 1 is 1.26 bits per heavy atom. The Labute approximate surface area is 137 Å². The van der Waals surface area contributed by atoms with E-state index >= 15 is 0 Å². The van der Waals surface area contributed by atoms with Gasteiger partial charge in [0.15, 0.2) is 0 Å². The van der Waals surface area contributed by atoms with Crippen LogP contribution in [0.3, 0.4) is 0 Å². The van der Waals surface area contributed by atoms with Gasteiger partial charge in [0, 0.05) is 37.7 Å². The lowest BCUT2D eigenvalue weighted by Crippen LogP contribution is -2.38. The van der Waals surface area contributed by atoms with Gasteiger partial charge in [0.25, 0.3) is 0 Å². The van der Waals surface area contributed by atoms with E-state index in [9.17, 15) is 14.3 Å². The molecule has 4 nitrogen and oxygen atoms in total. The first-order valence-electron chi connectivity index (χ1n) is 8.51. The molecule has 0 aliphatic carbocycles. The lowest BCUT2D eigenvalue weighted by molar-refractivity contribution is -0.131. The number of carbonyl (C=O) groups excluding carboxylic acids is 1. The molecule has 1 saturated heterocycles. The van der Waals surface area contributed by atoms with Crippen LogP contribution in [0.2, 0.25) is 0 Å². The molecule has 2 unspecified atom stereocenters. The number of rotatable bonds is 6. The van der Waals surface area contributed by atoms with E-state index in [2.05, 4.69) is 5.32 Å². The summed E-state index contributed by atoms with van der Waals surface area (Å²) in [7, 11) is 0. The van der Waals surface area contributed by atoms with Crippen molar-refractivity contribution in [2.75, 3.05) is 19.6 Å². The summed E-state index contributed by atoms with van der Waals surface area (Å²) in [5.41, 5.74) is 0.283. The van der Waals surface area contributed by atoms with Crippen LogP contribution in [-0.4, -0.2) is 41.6 Å². The molecule has 1 aromatic carbocycles. The molecule has 0 spiro atoms. The maximum Gasteiger partial charge on any atom is 0.224 e. The Bertz CT molecular complexity index is 502. The average Bonchev–Trinajstić information content (AvgIpc) is 2.82. The van der Waals surface area contributed by atoms with E-state index in [1.165, 1.54) is 18.9 Å². The van der Waals surface area contributed by atoms with Gasteiger partial charge in [0.2, 0.25) is 5.91 Å². The van der Waals surface area contributed by atoms with E-state index in [4.69, 9.17) is 0 Å². The lowest BCUT2D eigenvalue weighted by atomic mass is 10.1. The van der Waals surface area contributed by atoms with Gasteiger partial charge in [-0.2, -0.15) is 0 Å². The third-order valence-corrected chi connectivity index (χ3v) is 4.36. The highest BCUT2D eigenvalue weighted by molar-refractivity contribution is 5.76. The summed E-state index contributed by atoms with van der Waals surface area (Å²) < 4.78 is 13.6. The zero-order valence-electron chi connectivity index (χ0n) is 13.8. The standard InChI is InChI=1S/C18H27FN2O2/c1-14(12-18(23)21-10-6-2-3-7-11-21)20-13-17(22)15-8-4-5-9-16(15)19/h4-5,8-9,14,17,20,22H,2-3,6-7,10-13H2,1H3. The topological polar surface area (TPSA) is 52.6 Å². The number of aliphatic hydroxyl groups excluding tert-OH is 1. The number of hydrogen-bond donors (Lipinski definition) is 2. The number of carbonyl (C=O) groups is 1. The van der Waals surface area contributed by atoms with Crippen molar-refractivity contribution in [2.45, 2.75) is 51.2 Å². The van der Waals surface area contributed by atoms with Crippen LogP contribution in [0.15, 0.2) is 24.3 Å². The van der Waals surface area contributed by atoms with E-state index < -0.39 is 11.9 Å². The monoisotopic (exact) mass is 322 g/mol. The molecule has 1 fully saturated rings. The van der Waals surface area contributed by atoms with Gasteiger partial charge in [0.1, 0.15) is 5.82 Å². The highest BCUT2D eigenvalue weighted by Crippen LogP contribution is 2.16. The molecule has 0 radical (unpaired) electrons. The van der Waals surface area contributed by atoms with Crippen LogP contribution in [0.5, 0.6) is 0 Å². The molecule has 5 heteroatoms. The van der Waals surface area contributed by atoms with E-state index in [0.717, 1.165) is 25.9 Å². The van der Waals surface area contributed by atoms with E-state index in [-0.39, 0.29) is 24.1 Å². The summed E-state index contributed by atoms with van der Waals surface area (Å²) >= 11 is 0. The number of halogens is 1. The van der Waals surface area contributed by atoms with Gasteiger partial charge < -0.3 is 15.3 Å². The second-order valence-electron chi connectivity index (χ2n) is 6.35. The Balaban J connectivity index is 1.77. The number of nitrogens with zero attached hydrogens (tertiary/aromatic N) is 1. The third-order valence-electron chi connectivity index (χ3n) is 4.36. The van der Waals surface area contributed by atoms with Crippen molar-refractivity contribution in [1.29, 1.82) is 0 Å². The van der Waals surface area contributed by atoms with Crippen LogP contribution in [-0.2, 0) is 4.79 Å². The molecule has 1 aromatic rings. The van der Waals surface area contributed by atoms with Gasteiger partial charge in [-0.25, -0.2) is 4.39 Å². The summed E-state index contributed by atoms with van der Waals surface area (Å²) in [6.45, 7) is 3.85. The fourth-order valence-electron chi connectivity index (χ4n) is 2.95. The van der Waals surface area contributed by atoms with Gasteiger partial charge >= 0.3 is 0 Å². The zero-order valence-corrected chi connectivity index (χ0v) is 13.8. The summed E-state index contributed by atoms with van der Waals surface area (Å²) in [6.07, 6.45) is 4.06. The molecular formula is C18H27FN2O2. The molecule has 0 saturated carbocycles. The average molecular weight is 322 g/mol. The highest BCUT2D eigenvalue weighted by atomic mass is 19.1. The number of benzene rings is 1. The molecule has 128 valence electrons. The maximum absolute atomic E-state index is 13.6. The van der Waals surface area contributed by atoms with Crippen LogP contribution in [0.4, 0.5) is 4.39 Å². The van der Waals surface area contributed by atoms with Gasteiger partial charge in [0.05, 0.1) is 6.10 Å². The van der Waals surface area contributed by atoms with Crippen molar-refractivity contribution in [3.63, 3.8) is 0 Å². The van der Waals surface area contributed by atoms with Crippen LogP contribution in [0, 0.1) is 5.82 Å². The smallest absolute Gasteiger partial charge is 0.224 e. The number of likely N-dealkylation sites (tertiary alicyclic amines) is 1.